The molecule has 3 aromatic carbocycles. The highest BCUT2D eigenvalue weighted by Gasteiger charge is 2.05. The highest BCUT2D eigenvalue weighted by molar-refractivity contribution is 14.1. The lowest BCUT2D eigenvalue weighted by Crippen LogP contribution is -2.19. The average molecular weight is 388 g/mol. The summed E-state index contributed by atoms with van der Waals surface area (Å²) < 4.78 is 1.13. The Hall–Kier alpha value is -2.08. The van der Waals surface area contributed by atoms with Gasteiger partial charge in [-0.05, 0) is 58.3 Å². The van der Waals surface area contributed by atoms with Crippen molar-refractivity contribution in [2.75, 3.05) is 10.6 Å². The molecule has 0 saturated carbocycles. The summed E-state index contributed by atoms with van der Waals surface area (Å²) in [6.07, 6.45) is 0. The second-order valence-corrected chi connectivity index (χ2v) is 5.86. The van der Waals surface area contributed by atoms with E-state index in [9.17, 15) is 4.79 Å². The summed E-state index contributed by atoms with van der Waals surface area (Å²) in [5, 5.41) is 7.85. The van der Waals surface area contributed by atoms with Crippen LogP contribution in [0.1, 0.15) is 0 Å². The quantitative estimate of drug-likeness (QED) is 0.590. The Balaban J connectivity index is 1.79. The normalized spacial score (nSPS) is 10.3. The van der Waals surface area contributed by atoms with Crippen molar-refractivity contribution in [3.63, 3.8) is 0 Å². The van der Waals surface area contributed by atoms with Gasteiger partial charge in [-0.3, -0.25) is 0 Å². The van der Waals surface area contributed by atoms with E-state index in [1.54, 1.807) is 0 Å². The van der Waals surface area contributed by atoms with Gasteiger partial charge in [0.1, 0.15) is 0 Å². The molecule has 2 amide bonds. The Morgan fingerprint density at radius 3 is 2.33 bits per heavy atom. The van der Waals surface area contributed by atoms with Crippen LogP contribution in [-0.4, -0.2) is 6.03 Å². The van der Waals surface area contributed by atoms with Crippen molar-refractivity contribution in [2.45, 2.75) is 0 Å². The van der Waals surface area contributed by atoms with Crippen LogP contribution in [-0.2, 0) is 0 Å². The molecule has 0 bridgehead atoms. The Kier molecular flexibility index (Phi) is 4.06. The molecule has 3 aromatic rings. The number of carbonyl (C=O) groups is 1. The standard InChI is InChI=1S/C17H13IN2O/c18-13-8-10-14(11-9-13)19-17(21)20-16-7-3-5-12-4-1-2-6-15(12)16/h1-11H,(H2,19,20,21). The highest BCUT2D eigenvalue weighted by atomic mass is 127. The summed E-state index contributed by atoms with van der Waals surface area (Å²) in [5.74, 6) is 0. The number of benzene rings is 3. The van der Waals surface area contributed by atoms with Gasteiger partial charge in [0.05, 0.1) is 5.69 Å². The molecule has 0 unspecified atom stereocenters. The van der Waals surface area contributed by atoms with E-state index in [1.165, 1.54) is 0 Å². The first-order valence-corrected chi connectivity index (χ1v) is 7.61. The number of carbonyl (C=O) groups excluding carboxylic acids is 1. The zero-order chi connectivity index (χ0) is 14.7. The molecule has 0 atom stereocenters. The van der Waals surface area contributed by atoms with Gasteiger partial charge >= 0.3 is 6.03 Å². The van der Waals surface area contributed by atoms with Gasteiger partial charge in [0.15, 0.2) is 0 Å². The van der Waals surface area contributed by atoms with Crippen LogP contribution < -0.4 is 10.6 Å². The highest BCUT2D eigenvalue weighted by Crippen LogP contribution is 2.23. The monoisotopic (exact) mass is 388 g/mol. The fraction of sp³-hybridized carbons (Fsp3) is 0. The summed E-state index contributed by atoms with van der Waals surface area (Å²) in [7, 11) is 0. The first kappa shape index (κ1) is 13.9. The zero-order valence-corrected chi connectivity index (χ0v) is 13.3. The van der Waals surface area contributed by atoms with Crippen LogP contribution in [0.5, 0.6) is 0 Å². The molecule has 0 aliphatic rings. The molecule has 4 heteroatoms. The van der Waals surface area contributed by atoms with E-state index in [-0.39, 0.29) is 6.03 Å². The van der Waals surface area contributed by atoms with Gasteiger partial charge in [0.25, 0.3) is 0 Å². The molecule has 21 heavy (non-hydrogen) atoms. The molecule has 104 valence electrons. The first-order valence-electron chi connectivity index (χ1n) is 6.54. The third-order valence-electron chi connectivity index (χ3n) is 3.14. The third-order valence-corrected chi connectivity index (χ3v) is 3.86. The van der Waals surface area contributed by atoms with Gasteiger partial charge in [-0.1, -0.05) is 36.4 Å². The number of rotatable bonds is 2. The molecule has 0 saturated heterocycles. The Morgan fingerprint density at radius 2 is 1.52 bits per heavy atom. The first-order chi connectivity index (χ1) is 10.2. The van der Waals surface area contributed by atoms with Crippen LogP contribution in [0.3, 0.4) is 0 Å². The lowest BCUT2D eigenvalue weighted by Gasteiger charge is -2.10. The van der Waals surface area contributed by atoms with Gasteiger partial charge in [-0.15, -0.1) is 0 Å². The molecular formula is C17H13IN2O. The molecule has 0 radical (unpaired) electrons. The van der Waals surface area contributed by atoms with E-state index < -0.39 is 0 Å². The molecule has 0 aliphatic carbocycles. The molecule has 3 nitrogen and oxygen atoms in total. The van der Waals surface area contributed by atoms with Crippen LogP contribution in [0.4, 0.5) is 16.2 Å². The van der Waals surface area contributed by atoms with Crippen molar-refractivity contribution in [3.8, 4) is 0 Å². The predicted octanol–water partition coefficient (Wildman–Crippen LogP) is 5.09. The van der Waals surface area contributed by atoms with Crippen LogP contribution in [0.2, 0.25) is 0 Å². The maximum atomic E-state index is 12.1. The van der Waals surface area contributed by atoms with Gasteiger partial charge < -0.3 is 10.6 Å². The minimum absolute atomic E-state index is 0.243. The molecule has 2 N–H and O–H groups in total. The van der Waals surface area contributed by atoms with Crippen molar-refractivity contribution in [3.05, 3.63) is 70.3 Å². The smallest absolute Gasteiger partial charge is 0.308 e. The molecule has 3 rings (SSSR count). The van der Waals surface area contributed by atoms with Crippen LogP contribution in [0.25, 0.3) is 10.8 Å². The topological polar surface area (TPSA) is 41.1 Å². The van der Waals surface area contributed by atoms with Crippen molar-refractivity contribution in [2.24, 2.45) is 0 Å². The zero-order valence-electron chi connectivity index (χ0n) is 11.1. The molecule has 0 aliphatic heterocycles. The summed E-state index contributed by atoms with van der Waals surface area (Å²) in [6, 6.07) is 21.2. The number of amides is 2. The van der Waals surface area contributed by atoms with Crippen LogP contribution in [0.15, 0.2) is 66.7 Å². The van der Waals surface area contributed by atoms with Crippen LogP contribution in [0, 0.1) is 3.57 Å². The van der Waals surface area contributed by atoms with Gasteiger partial charge in [0.2, 0.25) is 0 Å². The summed E-state index contributed by atoms with van der Waals surface area (Å²) in [4.78, 5) is 12.1. The second-order valence-electron chi connectivity index (χ2n) is 4.61. The lowest BCUT2D eigenvalue weighted by atomic mass is 10.1. The fourth-order valence-electron chi connectivity index (χ4n) is 2.15. The van der Waals surface area contributed by atoms with Crippen molar-refractivity contribution >= 4 is 50.8 Å². The predicted molar refractivity (Wildman–Crippen MR) is 95.7 cm³/mol. The number of nitrogens with one attached hydrogen (secondary N) is 2. The van der Waals surface area contributed by atoms with Gasteiger partial charge in [-0.2, -0.15) is 0 Å². The third kappa shape index (κ3) is 3.33. The fourth-order valence-corrected chi connectivity index (χ4v) is 2.51. The lowest BCUT2D eigenvalue weighted by molar-refractivity contribution is 0.262. The summed E-state index contributed by atoms with van der Waals surface area (Å²) in [6.45, 7) is 0. The molecule has 0 fully saturated rings. The van der Waals surface area contributed by atoms with E-state index >= 15 is 0 Å². The second kappa shape index (κ2) is 6.13. The van der Waals surface area contributed by atoms with Crippen molar-refractivity contribution in [1.82, 2.24) is 0 Å². The minimum Gasteiger partial charge on any atom is -0.308 e. The average Bonchev–Trinajstić information content (AvgIpc) is 2.50. The van der Waals surface area contributed by atoms with Crippen LogP contribution >= 0.6 is 22.6 Å². The minimum atomic E-state index is -0.243. The number of anilines is 2. The van der Waals surface area contributed by atoms with E-state index in [1.807, 2.05) is 66.7 Å². The van der Waals surface area contributed by atoms with Crippen molar-refractivity contribution in [1.29, 1.82) is 0 Å². The maximum absolute atomic E-state index is 12.1. The molecule has 0 aromatic heterocycles. The molecular weight excluding hydrogens is 375 g/mol. The van der Waals surface area contributed by atoms with Crippen molar-refractivity contribution < 1.29 is 4.79 Å². The van der Waals surface area contributed by atoms with E-state index in [2.05, 4.69) is 33.2 Å². The Bertz CT molecular complexity index is 779. The Morgan fingerprint density at radius 1 is 0.810 bits per heavy atom. The van der Waals surface area contributed by atoms with Gasteiger partial charge in [0, 0.05) is 14.6 Å². The Labute approximate surface area is 136 Å². The summed E-state index contributed by atoms with van der Waals surface area (Å²) in [5.41, 5.74) is 1.57. The maximum Gasteiger partial charge on any atom is 0.323 e. The van der Waals surface area contributed by atoms with Gasteiger partial charge in [-0.25, -0.2) is 4.79 Å². The number of fused-ring (bicyclic) bond motifs is 1. The van der Waals surface area contributed by atoms with E-state index in [4.69, 9.17) is 0 Å². The number of urea groups is 1. The van der Waals surface area contributed by atoms with E-state index in [0.717, 1.165) is 25.7 Å². The SMILES string of the molecule is O=C(Nc1ccc(I)cc1)Nc1cccc2ccccc12. The molecule has 0 heterocycles. The van der Waals surface area contributed by atoms with E-state index in [0.29, 0.717) is 0 Å². The largest absolute Gasteiger partial charge is 0.323 e. The number of hydrogen-bond donors (Lipinski definition) is 2. The number of hydrogen-bond acceptors (Lipinski definition) is 1. The molecule has 0 spiro atoms. The number of halogens is 1. The summed E-state index contributed by atoms with van der Waals surface area (Å²) >= 11 is 2.23.